The number of aryl methyl sites for hydroxylation is 1. The molecule has 6 nitrogen and oxygen atoms in total. The SMILES string of the molecule is CN=C(NCCc1ccc(OCC(=O)NC2CC2)cc1)NCC(C)c1cccc(C)c1. The normalized spacial score (nSPS) is 14.6. The van der Waals surface area contributed by atoms with E-state index in [9.17, 15) is 4.79 Å². The first-order valence-corrected chi connectivity index (χ1v) is 11.1. The predicted octanol–water partition coefficient (Wildman–Crippen LogP) is 3.16. The van der Waals surface area contributed by atoms with Gasteiger partial charge in [0, 0.05) is 26.2 Å². The Balaban J connectivity index is 1.35. The summed E-state index contributed by atoms with van der Waals surface area (Å²) in [5.41, 5.74) is 3.81. The molecular weight excluding hydrogens is 388 g/mol. The molecule has 166 valence electrons. The van der Waals surface area contributed by atoms with Crippen LogP contribution < -0.4 is 20.7 Å². The number of rotatable bonds is 10. The average molecular weight is 423 g/mol. The molecule has 6 heteroatoms. The summed E-state index contributed by atoms with van der Waals surface area (Å²) in [5.74, 6) is 1.87. The van der Waals surface area contributed by atoms with Gasteiger partial charge < -0.3 is 20.7 Å². The van der Waals surface area contributed by atoms with E-state index in [2.05, 4.69) is 59.1 Å². The molecule has 3 rings (SSSR count). The zero-order valence-corrected chi connectivity index (χ0v) is 18.8. The monoisotopic (exact) mass is 422 g/mol. The molecule has 1 unspecified atom stereocenters. The van der Waals surface area contributed by atoms with Crippen LogP contribution in [0.15, 0.2) is 53.5 Å². The number of nitrogens with one attached hydrogen (secondary N) is 3. The molecule has 0 aliphatic heterocycles. The third kappa shape index (κ3) is 7.96. The Kier molecular flexibility index (Phi) is 8.33. The number of carbonyl (C=O) groups excluding carboxylic acids is 1. The molecule has 0 bridgehead atoms. The minimum Gasteiger partial charge on any atom is -0.484 e. The highest BCUT2D eigenvalue weighted by Crippen LogP contribution is 2.18. The summed E-state index contributed by atoms with van der Waals surface area (Å²) in [6, 6.07) is 16.9. The van der Waals surface area contributed by atoms with Crippen molar-refractivity contribution in [3.05, 3.63) is 65.2 Å². The molecular formula is C25H34N4O2. The van der Waals surface area contributed by atoms with E-state index in [1.807, 2.05) is 24.3 Å². The maximum atomic E-state index is 11.7. The Morgan fingerprint density at radius 3 is 2.61 bits per heavy atom. The third-order valence-corrected chi connectivity index (χ3v) is 5.35. The number of ether oxygens (including phenoxy) is 1. The van der Waals surface area contributed by atoms with Crippen LogP contribution in [0.5, 0.6) is 5.75 Å². The second kappa shape index (κ2) is 11.4. The first-order chi connectivity index (χ1) is 15.0. The van der Waals surface area contributed by atoms with Crippen LogP contribution >= 0.6 is 0 Å². The van der Waals surface area contributed by atoms with Crippen LogP contribution in [0.3, 0.4) is 0 Å². The molecule has 0 spiro atoms. The Labute approximate surface area is 185 Å². The van der Waals surface area contributed by atoms with Crippen molar-refractivity contribution in [3.8, 4) is 5.75 Å². The molecule has 2 aromatic carbocycles. The van der Waals surface area contributed by atoms with Gasteiger partial charge in [0.15, 0.2) is 12.6 Å². The topological polar surface area (TPSA) is 74.8 Å². The minimum atomic E-state index is -0.0497. The molecule has 1 amide bonds. The summed E-state index contributed by atoms with van der Waals surface area (Å²) in [5, 5.41) is 9.70. The zero-order valence-electron chi connectivity index (χ0n) is 18.8. The van der Waals surface area contributed by atoms with Gasteiger partial charge in [-0.1, -0.05) is 48.9 Å². The lowest BCUT2D eigenvalue weighted by molar-refractivity contribution is -0.123. The number of carbonyl (C=O) groups is 1. The Morgan fingerprint density at radius 2 is 1.94 bits per heavy atom. The minimum absolute atomic E-state index is 0.0497. The van der Waals surface area contributed by atoms with E-state index in [-0.39, 0.29) is 12.5 Å². The summed E-state index contributed by atoms with van der Waals surface area (Å²) in [6.07, 6.45) is 3.04. The number of amides is 1. The van der Waals surface area contributed by atoms with Crippen molar-refractivity contribution in [2.45, 2.75) is 45.1 Å². The van der Waals surface area contributed by atoms with Crippen LogP contribution in [0.2, 0.25) is 0 Å². The third-order valence-electron chi connectivity index (χ3n) is 5.35. The van der Waals surface area contributed by atoms with E-state index < -0.39 is 0 Å². The van der Waals surface area contributed by atoms with Crippen molar-refractivity contribution >= 4 is 11.9 Å². The lowest BCUT2D eigenvalue weighted by atomic mass is 9.99. The summed E-state index contributed by atoms with van der Waals surface area (Å²) >= 11 is 0. The molecule has 0 heterocycles. The van der Waals surface area contributed by atoms with Crippen molar-refractivity contribution in [1.82, 2.24) is 16.0 Å². The van der Waals surface area contributed by atoms with Gasteiger partial charge in [0.05, 0.1) is 0 Å². The number of aliphatic imine (C=N–C) groups is 1. The first kappa shape index (κ1) is 22.7. The summed E-state index contributed by atoms with van der Waals surface area (Å²) in [6.45, 7) is 6.01. The fourth-order valence-electron chi connectivity index (χ4n) is 3.29. The van der Waals surface area contributed by atoms with Crippen molar-refractivity contribution in [3.63, 3.8) is 0 Å². The van der Waals surface area contributed by atoms with Crippen molar-refractivity contribution in [2.75, 3.05) is 26.7 Å². The number of nitrogens with zero attached hydrogens (tertiary/aromatic N) is 1. The van der Waals surface area contributed by atoms with Gasteiger partial charge in [-0.3, -0.25) is 9.79 Å². The summed E-state index contributed by atoms with van der Waals surface area (Å²) < 4.78 is 5.55. The van der Waals surface area contributed by atoms with E-state index in [1.165, 1.54) is 16.7 Å². The quantitative estimate of drug-likeness (QED) is 0.406. The molecule has 1 aliphatic carbocycles. The van der Waals surface area contributed by atoms with Gasteiger partial charge >= 0.3 is 0 Å². The standard InChI is InChI=1S/C25H34N4O2/c1-18-5-4-6-21(15-18)19(2)16-28-25(26-3)27-14-13-20-7-11-23(12-8-20)31-17-24(30)29-22-9-10-22/h4-8,11-12,15,19,22H,9-10,13-14,16-17H2,1-3H3,(H,29,30)(H2,26,27,28). The molecule has 0 saturated heterocycles. The Hall–Kier alpha value is -3.02. The second-order valence-corrected chi connectivity index (χ2v) is 8.22. The molecule has 1 fully saturated rings. The largest absolute Gasteiger partial charge is 0.484 e. The number of hydrogen-bond acceptors (Lipinski definition) is 3. The van der Waals surface area contributed by atoms with Crippen molar-refractivity contribution < 1.29 is 9.53 Å². The Morgan fingerprint density at radius 1 is 1.16 bits per heavy atom. The number of guanidine groups is 1. The van der Waals surface area contributed by atoms with E-state index in [1.54, 1.807) is 7.05 Å². The van der Waals surface area contributed by atoms with Crippen LogP contribution in [0.1, 0.15) is 42.4 Å². The molecule has 0 radical (unpaired) electrons. The lowest BCUT2D eigenvalue weighted by Crippen LogP contribution is -2.39. The average Bonchev–Trinajstić information content (AvgIpc) is 3.59. The molecule has 1 aliphatic rings. The van der Waals surface area contributed by atoms with Crippen LogP contribution in [-0.4, -0.2) is 44.7 Å². The van der Waals surface area contributed by atoms with Gasteiger partial charge in [0.2, 0.25) is 0 Å². The molecule has 1 saturated carbocycles. The maximum Gasteiger partial charge on any atom is 0.258 e. The highest BCUT2D eigenvalue weighted by molar-refractivity contribution is 5.79. The lowest BCUT2D eigenvalue weighted by Gasteiger charge is -2.17. The van der Waals surface area contributed by atoms with Crippen LogP contribution in [0.4, 0.5) is 0 Å². The summed E-state index contributed by atoms with van der Waals surface area (Å²) in [7, 11) is 1.79. The number of benzene rings is 2. The molecule has 2 aromatic rings. The molecule has 0 aromatic heterocycles. The maximum absolute atomic E-state index is 11.7. The molecule has 1 atom stereocenters. The number of hydrogen-bond donors (Lipinski definition) is 3. The summed E-state index contributed by atoms with van der Waals surface area (Å²) in [4.78, 5) is 16.0. The van der Waals surface area contributed by atoms with E-state index >= 15 is 0 Å². The molecule has 31 heavy (non-hydrogen) atoms. The van der Waals surface area contributed by atoms with Crippen molar-refractivity contribution in [2.24, 2.45) is 4.99 Å². The smallest absolute Gasteiger partial charge is 0.258 e. The predicted molar refractivity (Wildman–Crippen MR) is 126 cm³/mol. The van der Waals surface area contributed by atoms with Crippen LogP contribution in [0.25, 0.3) is 0 Å². The van der Waals surface area contributed by atoms with E-state index in [4.69, 9.17) is 4.74 Å². The van der Waals surface area contributed by atoms with Crippen LogP contribution in [-0.2, 0) is 11.2 Å². The zero-order chi connectivity index (χ0) is 22.1. The van der Waals surface area contributed by atoms with Crippen molar-refractivity contribution in [1.29, 1.82) is 0 Å². The second-order valence-electron chi connectivity index (χ2n) is 8.22. The molecule has 3 N–H and O–H groups in total. The van der Waals surface area contributed by atoms with Gasteiger partial charge in [-0.15, -0.1) is 0 Å². The fraction of sp³-hybridized carbons (Fsp3) is 0.440. The highest BCUT2D eigenvalue weighted by atomic mass is 16.5. The van der Waals surface area contributed by atoms with E-state index in [0.717, 1.165) is 38.3 Å². The van der Waals surface area contributed by atoms with Gasteiger partial charge in [-0.2, -0.15) is 0 Å². The van der Waals surface area contributed by atoms with Gasteiger partial charge in [-0.25, -0.2) is 0 Å². The first-order valence-electron chi connectivity index (χ1n) is 11.1. The van der Waals surface area contributed by atoms with Gasteiger partial charge in [0.1, 0.15) is 5.75 Å². The highest BCUT2D eigenvalue weighted by Gasteiger charge is 2.23. The van der Waals surface area contributed by atoms with Crippen LogP contribution in [0, 0.1) is 6.92 Å². The van der Waals surface area contributed by atoms with E-state index in [0.29, 0.717) is 17.7 Å². The Bertz CT molecular complexity index is 875. The van der Waals surface area contributed by atoms with Gasteiger partial charge in [0.25, 0.3) is 5.91 Å². The fourth-order valence-corrected chi connectivity index (χ4v) is 3.29. The van der Waals surface area contributed by atoms with Gasteiger partial charge in [-0.05, 0) is 55.4 Å².